The van der Waals surface area contributed by atoms with Gasteiger partial charge in [0.25, 0.3) is 6.71 Å². The van der Waals surface area contributed by atoms with Crippen LogP contribution in [-0.2, 0) is 21.7 Å². The number of nitrogens with zero attached hydrogens (tertiary/aromatic N) is 3. The van der Waals surface area contributed by atoms with Gasteiger partial charge < -0.3 is 14.4 Å². The quantitative estimate of drug-likeness (QED) is 0.147. The van der Waals surface area contributed by atoms with E-state index in [1.165, 1.54) is 133 Å². The van der Waals surface area contributed by atoms with E-state index >= 15 is 0 Å². The molecular weight excluding hydrogens is 1070 g/mol. The summed E-state index contributed by atoms with van der Waals surface area (Å²) < 4.78 is 2.55. The highest BCUT2D eigenvalue weighted by Gasteiger charge is 2.52. The molecule has 0 atom stereocenters. The molecule has 0 radical (unpaired) electrons. The van der Waals surface area contributed by atoms with E-state index in [1.54, 1.807) is 0 Å². The van der Waals surface area contributed by atoms with Gasteiger partial charge in [-0.1, -0.05) is 269 Å². The molecule has 13 aromatic rings. The van der Waals surface area contributed by atoms with Gasteiger partial charge >= 0.3 is 0 Å². The molecule has 0 bridgehead atoms. The standard InChI is InChI=1S/C85H72BN3/c1-82(2,3)59-42-47-73-66(50-59)67-51-60(83(4,5)6)43-48-74(67)87(73)62-44-46-70-76(54-62)89(72-41-27-24-37-64(72)56-30-16-11-17-31-56)78-53-61(84(7,8)9)52-77-80(78)86(70)81-75(88(77)71-40-26-23-36-63(71)55-28-14-10-15-29-55)49-45-69-79(81)65-38-22-25-39-68(65)85(69,57-32-18-12-19-33-57)58-34-20-13-21-35-58/h10-54H,1-9H3. The molecule has 0 unspecified atom stereocenters. The molecular formula is C85H72BN3. The summed E-state index contributed by atoms with van der Waals surface area (Å²) in [5, 5.41) is 2.55. The molecule has 4 heteroatoms. The maximum atomic E-state index is 2.66. The molecule has 0 saturated heterocycles. The number of hydrogen-bond acceptors (Lipinski definition) is 2. The van der Waals surface area contributed by atoms with Crippen LogP contribution in [0.2, 0.25) is 0 Å². The summed E-state index contributed by atoms with van der Waals surface area (Å²) in [6.07, 6.45) is 0. The van der Waals surface area contributed by atoms with E-state index in [4.69, 9.17) is 0 Å². The number of hydrogen-bond donors (Lipinski definition) is 0. The summed E-state index contributed by atoms with van der Waals surface area (Å²) in [5.41, 5.74) is 29.8. The highest BCUT2D eigenvalue weighted by Crippen LogP contribution is 2.59. The van der Waals surface area contributed by atoms with Crippen molar-refractivity contribution in [1.29, 1.82) is 0 Å². The van der Waals surface area contributed by atoms with Crippen molar-refractivity contribution in [2.24, 2.45) is 0 Å². The van der Waals surface area contributed by atoms with Crippen LogP contribution in [0.25, 0.3) is 60.9 Å². The van der Waals surface area contributed by atoms with Crippen molar-refractivity contribution in [1.82, 2.24) is 4.57 Å². The molecule has 0 fully saturated rings. The Balaban J connectivity index is 1.08. The Labute approximate surface area is 525 Å². The normalized spacial score (nSPS) is 13.9. The second-order valence-corrected chi connectivity index (χ2v) is 28.0. The fraction of sp³-hybridized carbons (Fsp3) is 0.153. The summed E-state index contributed by atoms with van der Waals surface area (Å²) in [4.78, 5) is 5.32. The molecule has 3 heterocycles. The summed E-state index contributed by atoms with van der Waals surface area (Å²) in [6, 6.07) is 104. The van der Waals surface area contributed by atoms with Crippen molar-refractivity contribution in [3.05, 3.63) is 312 Å². The van der Waals surface area contributed by atoms with Gasteiger partial charge in [0.2, 0.25) is 0 Å². The van der Waals surface area contributed by atoms with Gasteiger partial charge in [0.15, 0.2) is 0 Å². The number of fused-ring (bicyclic) bond motifs is 11. The molecule has 2 aliphatic heterocycles. The Bertz CT molecular complexity index is 4850. The zero-order chi connectivity index (χ0) is 60.7. The zero-order valence-electron chi connectivity index (χ0n) is 52.4. The van der Waals surface area contributed by atoms with Gasteiger partial charge in [-0.2, -0.15) is 0 Å². The predicted molar refractivity (Wildman–Crippen MR) is 379 cm³/mol. The van der Waals surface area contributed by atoms with E-state index in [2.05, 4.69) is 350 Å². The van der Waals surface area contributed by atoms with Crippen LogP contribution >= 0.6 is 0 Å². The van der Waals surface area contributed by atoms with E-state index in [9.17, 15) is 0 Å². The van der Waals surface area contributed by atoms with Crippen molar-refractivity contribution in [2.75, 3.05) is 9.80 Å². The molecule has 3 aliphatic rings. The average Bonchev–Trinajstić information content (AvgIpc) is 1.66. The SMILES string of the molecule is CC(C)(C)c1cc2c3c(c1)N(c1ccccc1-c1ccccc1)c1ccc4c(c1B3c1ccc(-n3c5ccc(C(C)(C)C)cc5c5cc(C(C)(C)C)ccc53)cc1N2c1ccccc1-c1ccccc1)-c1ccccc1C4(c1ccccc1)c1ccccc1. The first-order valence-electron chi connectivity index (χ1n) is 31.8. The van der Waals surface area contributed by atoms with Gasteiger partial charge in [0.05, 0.1) is 27.8 Å². The Morgan fingerprint density at radius 3 is 1.27 bits per heavy atom. The summed E-state index contributed by atoms with van der Waals surface area (Å²) >= 11 is 0. The largest absolute Gasteiger partial charge is 0.311 e. The van der Waals surface area contributed by atoms with E-state index in [0.717, 1.165) is 17.1 Å². The van der Waals surface area contributed by atoms with Crippen LogP contribution < -0.4 is 26.2 Å². The van der Waals surface area contributed by atoms with Gasteiger partial charge in [-0.15, -0.1) is 0 Å². The van der Waals surface area contributed by atoms with Crippen molar-refractivity contribution in [2.45, 2.75) is 84.0 Å². The monoisotopic (exact) mass is 1150 g/mol. The Kier molecular flexibility index (Phi) is 12.3. The first-order valence-corrected chi connectivity index (χ1v) is 31.8. The highest BCUT2D eigenvalue weighted by atomic mass is 15.2. The summed E-state index contributed by atoms with van der Waals surface area (Å²) in [6.45, 7) is 20.9. The van der Waals surface area contributed by atoms with Crippen LogP contribution in [0.5, 0.6) is 0 Å². The minimum atomic E-state index is -0.617. The van der Waals surface area contributed by atoms with Crippen molar-refractivity contribution in [3.8, 4) is 39.1 Å². The number of rotatable bonds is 7. The lowest BCUT2D eigenvalue weighted by molar-refractivity contribution is 0.590. The first kappa shape index (κ1) is 54.5. The molecule has 0 saturated carbocycles. The minimum absolute atomic E-state index is 0.0289. The molecule has 0 amide bonds. The highest BCUT2D eigenvalue weighted by molar-refractivity contribution is 7.01. The van der Waals surface area contributed by atoms with Crippen LogP contribution in [0, 0.1) is 0 Å². The second-order valence-electron chi connectivity index (χ2n) is 28.0. The van der Waals surface area contributed by atoms with Gasteiger partial charge in [-0.25, -0.2) is 0 Å². The first-order chi connectivity index (χ1) is 43.1. The zero-order valence-corrected chi connectivity index (χ0v) is 52.4. The molecule has 0 N–H and O–H groups in total. The van der Waals surface area contributed by atoms with Gasteiger partial charge in [-0.05, 0) is 161 Å². The lowest BCUT2D eigenvalue weighted by atomic mass is 9.32. The average molecular weight is 1150 g/mol. The summed E-state index contributed by atoms with van der Waals surface area (Å²) in [7, 11) is 0. The van der Waals surface area contributed by atoms with Crippen LogP contribution in [-0.4, -0.2) is 11.3 Å². The van der Waals surface area contributed by atoms with E-state index < -0.39 is 5.41 Å². The summed E-state index contributed by atoms with van der Waals surface area (Å²) in [5.74, 6) is 0. The molecule has 16 rings (SSSR count). The van der Waals surface area contributed by atoms with Crippen LogP contribution in [0.3, 0.4) is 0 Å². The molecule has 430 valence electrons. The number of benzene rings is 12. The molecule has 0 spiro atoms. The lowest BCUT2D eigenvalue weighted by Gasteiger charge is -2.46. The Hall–Kier alpha value is -9.90. The number of anilines is 6. The molecule has 1 aromatic heterocycles. The van der Waals surface area contributed by atoms with E-state index in [1.807, 2.05) is 0 Å². The molecule has 89 heavy (non-hydrogen) atoms. The topological polar surface area (TPSA) is 11.4 Å². The van der Waals surface area contributed by atoms with Crippen molar-refractivity contribution < 1.29 is 0 Å². The van der Waals surface area contributed by atoms with Crippen LogP contribution in [0.4, 0.5) is 34.1 Å². The number of para-hydroxylation sites is 2. The second kappa shape index (κ2) is 20.1. The van der Waals surface area contributed by atoms with E-state index in [-0.39, 0.29) is 23.0 Å². The van der Waals surface area contributed by atoms with Crippen molar-refractivity contribution >= 4 is 79.0 Å². The van der Waals surface area contributed by atoms with Gasteiger partial charge in [-0.3, -0.25) is 0 Å². The third-order valence-corrected chi connectivity index (χ3v) is 19.7. The fourth-order valence-electron chi connectivity index (χ4n) is 15.4. The molecule has 3 nitrogen and oxygen atoms in total. The third-order valence-electron chi connectivity index (χ3n) is 19.7. The number of aromatic nitrogens is 1. The maximum Gasteiger partial charge on any atom is 0.252 e. The molecule has 12 aromatic carbocycles. The smallest absolute Gasteiger partial charge is 0.252 e. The molecule has 1 aliphatic carbocycles. The fourth-order valence-corrected chi connectivity index (χ4v) is 15.4. The predicted octanol–water partition coefficient (Wildman–Crippen LogP) is 20.5. The van der Waals surface area contributed by atoms with Gasteiger partial charge in [0.1, 0.15) is 0 Å². The maximum absolute atomic E-state index is 2.66. The van der Waals surface area contributed by atoms with Crippen LogP contribution in [0.15, 0.2) is 273 Å². The minimum Gasteiger partial charge on any atom is -0.311 e. The van der Waals surface area contributed by atoms with Gasteiger partial charge in [0, 0.05) is 50.3 Å². The Morgan fingerprint density at radius 2 is 0.764 bits per heavy atom. The van der Waals surface area contributed by atoms with E-state index in [0.29, 0.717) is 0 Å². The lowest BCUT2D eigenvalue weighted by Crippen LogP contribution is -2.62. The third kappa shape index (κ3) is 8.33. The van der Waals surface area contributed by atoms with Crippen molar-refractivity contribution in [3.63, 3.8) is 0 Å². The van der Waals surface area contributed by atoms with Crippen LogP contribution in [0.1, 0.15) is 101 Å². The Morgan fingerprint density at radius 1 is 0.315 bits per heavy atom.